The molecular formula is C13H10N2. The number of nitrogens with zero attached hydrogens (tertiary/aromatic N) is 2. The van der Waals surface area contributed by atoms with Crippen molar-refractivity contribution < 1.29 is 0 Å². The molecule has 2 heterocycles. The maximum atomic E-state index is 4.38. The zero-order chi connectivity index (χ0) is 10.1. The van der Waals surface area contributed by atoms with Gasteiger partial charge in [-0.25, -0.2) is 4.98 Å². The van der Waals surface area contributed by atoms with E-state index in [-0.39, 0.29) is 0 Å². The Morgan fingerprint density at radius 1 is 0.867 bits per heavy atom. The lowest BCUT2D eigenvalue weighted by molar-refractivity contribution is 1.09. The van der Waals surface area contributed by atoms with Crippen LogP contribution in [0.15, 0.2) is 60.9 Å². The molecule has 0 atom stereocenters. The molecule has 3 rings (SSSR count). The van der Waals surface area contributed by atoms with Gasteiger partial charge in [0.15, 0.2) is 0 Å². The second-order valence-electron chi connectivity index (χ2n) is 3.44. The highest BCUT2D eigenvalue weighted by atomic mass is 15.0. The van der Waals surface area contributed by atoms with Gasteiger partial charge in [0, 0.05) is 23.5 Å². The molecular weight excluding hydrogens is 184 g/mol. The molecule has 2 aromatic heterocycles. The fraction of sp³-hybridized carbons (Fsp3) is 0. The molecule has 15 heavy (non-hydrogen) atoms. The van der Waals surface area contributed by atoms with E-state index in [0.717, 1.165) is 11.3 Å². The summed E-state index contributed by atoms with van der Waals surface area (Å²) in [7, 11) is 0. The second kappa shape index (κ2) is 3.24. The number of rotatable bonds is 1. The summed E-state index contributed by atoms with van der Waals surface area (Å²) in [5.74, 6) is 0. The van der Waals surface area contributed by atoms with E-state index in [1.165, 1.54) is 5.39 Å². The van der Waals surface area contributed by atoms with Gasteiger partial charge in [-0.15, -0.1) is 0 Å². The maximum Gasteiger partial charge on any atom is 0.144 e. The molecule has 0 spiro atoms. The summed E-state index contributed by atoms with van der Waals surface area (Å²) in [6, 6.07) is 16.3. The van der Waals surface area contributed by atoms with Gasteiger partial charge in [0.2, 0.25) is 0 Å². The van der Waals surface area contributed by atoms with Crippen LogP contribution in [0.5, 0.6) is 0 Å². The quantitative estimate of drug-likeness (QED) is 0.582. The van der Waals surface area contributed by atoms with Crippen molar-refractivity contribution in [2.24, 2.45) is 0 Å². The van der Waals surface area contributed by atoms with Gasteiger partial charge in [-0.2, -0.15) is 0 Å². The van der Waals surface area contributed by atoms with Crippen LogP contribution < -0.4 is 0 Å². The van der Waals surface area contributed by atoms with Gasteiger partial charge in [0.25, 0.3) is 0 Å². The summed E-state index contributed by atoms with van der Waals surface area (Å²) < 4.78 is 2.09. The lowest BCUT2D eigenvalue weighted by Gasteiger charge is -2.03. The molecule has 2 heteroatoms. The minimum atomic E-state index is 1.00. The topological polar surface area (TPSA) is 17.8 Å². The molecule has 0 aliphatic heterocycles. The number of hydrogen-bond donors (Lipinski definition) is 0. The number of aromatic nitrogens is 2. The van der Waals surface area contributed by atoms with Crippen LogP contribution in [0.3, 0.4) is 0 Å². The van der Waals surface area contributed by atoms with Crippen LogP contribution in [0.1, 0.15) is 0 Å². The summed E-state index contributed by atoms with van der Waals surface area (Å²) in [5.41, 5.74) is 2.15. The van der Waals surface area contributed by atoms with E-state index in [1.807, 2.05) is 36.7 Å². The van der Waals surface area contributed by atoms with Crippen molar-refractivity contribution in [3.63, 3.8) is 0 Å². The summed E-state index contributed by atoms with van der Waals surface area (Å²) in [5, 5.41) is 1.17. The van der Waals surface area contributed by atoms with Crippen LogP contribution in [-0.2, 0) is 0 Å². The van der Waals surface area contributed by atoms with Gasteiger partial charge in [-0.1, -0.05) is 18.2 Å². The summed E-state index contributed by atoms with van der Waals surface area (Å²) in [6.45, 7) is 0. The van der Waals surface area contributed by atoms with Crippen molar-refractivity contribution in [3.8, 4) is 5.69 Å². The standard InChI is InChI=1S/C13H10N2/c1-2-6-12(7-3-1)15-10-8-11-5-4-9-14-13(11)15/h1-10H. The number of hydrogen-bond acceptors (Lipinski definition) is 1. The van der Waals surface area contributed by atoms with E-state index in [2.05, 4.69) is 33.8 Å². The van der Waals surface area contributed by atoms with E-state index in [4.69, 9.17) is 0 Å². The molecule has 0 amide bonds. The molecule has 0 unspecified atom stereocenters. The molecule has 0 aliphatic carbocycles. The first kappa shape index (κ1) is 8.24. The average Bonchev–Trinajstić information content (AvgIpc) is 2.74. The molecule has 0 radical (unpaired) electrons. The number of pyridine rings is 1. The number of fused-ring (bicyclic) bond motifs is 1. The first-order chi connectivity index (χ1) is 7.45. The summed E-state index contributed by atoms with van der Waals surface area (Å²) >= 11 is 0. The van der Waals surface area contributed by atoms with E-state index >= 15 is 0 Å². The summed E-state index contributed by atoms with van der Waals surface area (Å²) in [4.78, 5) is 4.38. The van der Waals surface area contributed by atoms with E-state index in [9.17, 15) is 0 Å². The highest BCUT2D eigenvalue weighted by Crippen LogP contribution is 2.17. The van der Waals surface area contributed by atoms with Gasteiger partial charge in [0.1, 0.15) is 5.65 Å². The zero-order valence-corrected chi connectivity index (χ0v) is 8.17. The largest absolute Gasteiger partial charge is 0.301 e. The third-order valence-corrected chi connectivity index (χ3v) is 2.48. The van der Waals surface area contributed by atoms with Crippen molar-refractivity contribution in [1.82, 2.24) is 9.55 Å². The van der Waals surface area contributed by atoms with Crippen LogP contribution in [0.4, 0.5) is 0 Å². The Balaban J connectivity index is 2.28. The highest BCUT2D eigenvalue weighted by Gasteiger charge is 2.01. The first-order valence-electron chi connectivity index (χ1n) is 4.93. The Labute approximate surface area is 87.8 Å². The molecule has 0 fully saturated rings. The van der Waals surface area contributed by atoms with E-state index in [1.54, 1.807) is 0 Å². The lowest BCUT2D eigenvalue weighted by atomic mass is 10.3. The normalized spacial score (nSPS) is 10.7. The summed E-state index contributed by atoms with van der Waals surface area (Å²) in [6.07, 6.45) is 3.87. The number of para-hydroxylation sites is 1. The predicted molar refractivity (Wildman–Crippen MR) is 61.1 cm³/mol. The van der Waals surface area contributed by atoms with Crippen molar-refractivity contribution >= 4 is 11.0 Å². The lowest BCUT2D eigenvalue weighted by Crippen LogP contribution is -1.92. The second-order valence-corrected chi connectivity index (χ2v) is 3.44. The van der Waals surface area contributed by atoms with Crippen LogP contribution in [0.2, 0.25) is 0 Å². The van der Waals surface area contributed by atoms with Crippen LogP contribution in [0.25, 0.3) is 16.7 Å². The van der Waals surface area contributed by atoms with Crippen LogP contribution >= 0.6 is 0 Å². The monoisotopic (exact) mass is 194 g/mol. The van der Waals surface area contributed by atoms with Crippen LogP contribution in [-0.4, -0.2) is 9.55 Å². The molecule has 3 aromatic rings. The zero-order valence-electron chi connectivity index (χ0n) is 8.17. The molecule has 72 valence electrons. The van der Waals surface area contributed by atoms with Crippen molar-refractivity contribution in [2.75, 3.05) is 0 Å². The van der Waals surface area contributed by atoms with Gasteiger partial charge < -0.3 is 4.57 Å². The Kier molecular flexibility index (Phi) is 1.78. The molecule has 2 nitrogen and oxygen atoms in total. The molecule has 0 saturated carbocycles. The van der Waals surface area contributed by atoms with E-state index < -0.39 is 0 Å². The first-order valence-corrected chi connectivity index (χ1v) is 4.93. The van der Waals surface area contributed by atoms with Crippen molar-refractivity contribution in [2.45, 2.75) is 0 Å². The minimum absolute atomic E-state index is 1.00. The van der Waals surface area contributed by atoms with Crippen molar-refractivity contribution in [1.29, 1.82) is 0 Å². The Bertz CT molecular complexity index is 582. The fourth-order valence-corrected chi connectivity index (χ4v) is 1.76. The highest BCUT2D eigenvalue weighted by molar-refractivity contribution is 5.77. The Morgan fingerprint density at radius 2 is 1.73 bits per heavy atom. The maximum absolute atomic E-state index is 4.38. The van der Waals surface area contributed by atoms with Crippen LogP contribution in [0, 0.1) is 0 Å². The molecule has 0 saturated heterocycles. The number of benzene rings is 1. The Morgan fingerprint density at radius 3 is 2.60 bits per heavy atom. The average molecular weight is 194 g/mol. The van der Waals surface area contributed by atoms with Gasteiger partial charge in [-0.3, -0.25) is 0 Å². The fourth-order valence-electron chi connectivity index (χ4n) is 1.76. The molecule has 1 aromatic carbocycles. The van der Waals surface area contributed by atoms with Crippen molar-refractivity contribution in [3.05, 3.63) is 60.9 Å². The van der Waals surface area contributed by atoms with Gasteiger partial charge in [-0.05, 0) is 30.3 Å². The predicted octanol–water partition coefficient (Wildman–Crippen LogP) is 3.03. The Hall–Kier alpha value is -2.09. The van der Waals surface area contributed by atoms with Gasteiger partial charge in [0.05, 0.1) is 0 Å². The third kappa shape index (κ3) is 1.31. The van der Waals surface area contributed by atoms with Gasteiger partial charge >= 0.3 is 0 Å². The molecule has 0 aliphatic rings. The minimum Gasteiger partial charge on any atom is -0.301 e. The molecule has 0 N–H and O–H groups in total. The van der Waals surface area contributed by atoms with E-state index in [0.29, 0.717) is 0 Å². The SMILES string of the molecule is c1ccc(-n2ccc3cccnc32)cc1. The molecule has 0 bridgehead atoms. The third-order valence-electron chi connectivity index (χ3n) is 2.48. The smallest absolute Gasteiger partial charge is 0.144 e.